The molecule has 19 heavy (non-hydrogen) atoms. The van der Waals surface area contributed by atoms with Crippen LogP contribution < -0.4 is 5.73 Å². The molecule has 3 nitrogen and oxygen atoms in total. The summed E-state index contributed by atoms with van der Waals surface area (Å²) < 4.78 is 26.4. The van der Waals surface area contributed by atoms with E-state index in [4.69, 9.17) is 5.73 Å². The molecular formula is C14H17F2N3. The Morgan fingerprint density at radius 1 is 1.11 bits per heavy atom. The average molecular weight is 265 g/mol. The quantitative estimate of drug-likeness (QED) is 0.778. The molecule has 0 amide bonds. The minimum atomic E-state index is -0.865. The van der Waals surface area contributed by atoms with Gasteiger partial charge in [0.1, 0.15) is 5.82 Å². The van der Waals surface area contributed by atoms with Crippen molar-refractivity contribution in [2.45, 2.75) is 44.1 Å². The molecule has 2 atom stereocenters. The van der Waals surface area contributed by atoms with E-state index in [0.29, 0.717) is 11.0 Å². The number of aromatic amines is 1. The van der Waals surface area contributed by atoms with Gasteiger partial charge in [-0.3, -0.25) is 0 Å². The van der Waals surface area contributed by atoms with Crippen molar-refractivity contribution in [3.05, 3.63) is 29.6 Å². The molecule has 1 aliphatic carbocycles. The Hall–Kier alpha value is -1.49. The molecule has 0 spiro atoms. The molecule has 2 aromatic rings. The minimum Gasteiger partial charge on any atom is -0.342 e. The van der Waals surface area contributed by atoms with Crippen molar-refractivity contribution in [2.75, 3.05) is 0 Å². The number of rotatable bonds is 1. The predicted molar refractivity (Wildman–Crippen MR) is 69.8 cm³/mol. The molecule has 0 radical (unpaired) electrons. The fraction of sp³-hybridized carbons (Fsp3) is 0.500. The van der Waals surface area contributed by atoms with E-state index in [1.165, 1.54) is 6.42 Å². The van der Waals surface area contributed by atoms with Gasteiger partial charge in [-0.2, -0.15) is 0 Å². The number of halogens is 2. The van der Waals surface area contributed by atoms with Gasteiger partial charge in [-0.1, -0.05) is 19.3 Å². The molecule has 1 heterocycles. The van der Waals surface area contributed by atoms with E-state index in [9.17, 15) is 8.78 Å². The number of hydrogen-bond acceptors (Lipinski definition) is 2. The van der Waals surface area contributed by atoms with Gasteiger partial charge in [0.15, 0.2) is 11.6 Å². The fourth-order valence-corrected chi connectivity index (χ4v) is 2.88. The largest absolute Gasteiger partial charge is 0.342 e. The number of nitrogens with one attached hydrogen (secondary N) is 1. The van der Waals surface area contributed by atoms with Crippen molar-refractivity contribution >= 4 is 11.0 Å². The molecule has 0 saturated heterocycles. The number of aromatic nitrogens is 2. The van der Waals surface area contributed by atoms with Crippen molar-refractivity contribution in [3.8, 4) is 0 Å². The van der Waals surface area contributed by atoms with Crippen LogP contribution in [0.5, 0.6) is 0 Å². The van der Waals surface area contributed by atoms with Gasteiger partial charge in [0.05, 0.1) is 11.0 Å². The van der Waals surface area contributed by atoms with Gasteiger partial charge in [0.2, 0.25) is 0 Å². The maximum absolute atomic E-state index is 13.2. The molecule has 1 aromatic carbocycles. The third-order valence-corrected chi connectivity index (χ3v) is 3.96. The molecule has 1 fully saturated rings. The van der Waals surface area contributed by atoms with Crippen molar-refractivity contribution in [2.24, 2.45) is 5.73 Å². The first kappa shape index (κ1) is 12.5. The summed E-state index contributed by atoms with van der Waals surface area (Å²) in [6.45, 7) is 0. The lowest BCUT2D eigenvalue weighted by atomic mass is 9.95. The van der Waals surface area contributed by atoms with Crippen molar-refractivity contribution in [1.29, 1.82) is 0 Å². The maximum atomic E-state index is 13.2. The summed E-state index contributed by atoms with van der Waals surface area (Å²) in [6.07, 6.45) is 5.41. The normalized spacial score (nSPS) is 24.6. The van der Waals surface area contributed by atoms with Crippen molar-refractivity contribution < 1.29 is 8.78 Å². The molecule has 2 unspecified atom stereocenters. The zero-order chi connectivity index (χ0) is 13.4. The molecule has 102 valence electrons. The van der Waals surface area contributed by atoms with Crippen LogP contribution >= 0.6 is 0 Å². The van der Waals surface area contributed by atoms with Gasteiger partial charge in [0, 0.05) is 24.1 Å². The van der Waals surface area contributed by atoms with Gasteiger partial charge in [-0.15, -0.1) is 0 Å². The van der Waals surface area contributed by atoms with Crippen LogP contribution in [0.2, 0.25) is 0 Å². The summed E-state index contributed by atoms with van der Waals surface area (Å²) in [7, 11) is 0. The van der Waals surface area contributed by atoms with E-state index in [0.717, 1.165) is 43.6 Å². The SMILES string of the molecule is NC1CCCCCC1c1nc2cc(F)c(F)cc2[nH]1. The predicted octanol–water partition coefficient (Wildman–Crippen LogP) is 3.22. The van der Waals surface area contributed by atoms with Gasteiger partial charge in [-0.25, -0.2) is 13.8 Å². The molecule has 1 aliphatic rings. The highest BCUT2D eigenvalue weighted by Crippen LogP contribution is 2.30. The second kappa shape index (κ2) is 4.89. The first-order chi connectivity index (χ1) is 9.15. The number of hydrogen-bond donors (Lipinski definition) is 2. The standard InChI is InChI=1S/C14H17F2N3/c15-9-6-12-13(7-10(9)16)19-14(18-12)8-4-2-1-3-5-11(8)17/h6-8,11H,1-5,17H2,(H,18,19). The van der Waals surface area contributed by atoms with E-state index < -0.39 is 11.6 Å². The first-order valence-corrected chi connectivity index (χ1v) is 6.75. The van der Waals surface area contributed by atoms with Crippen LogP contribution in [0.25, 0.3) is 11.0 Å². The Bertz CT molecular complexity index is 555. The first-order valence-electron chi connectivity index (χ1n) is 6.75. The zero-order valence-electron chi connectivity index (χ0n) is 10.6. The van der Waals surface area contributed by atoms with E-state index >= 15 is 0 Å². The van der Waals surface area contributed by atoms with Gasteiger partial charge in [-0.05, 0) is 12.8 Å². The van der Waals surface area contributed by atoms with Crippen molar-refractivity contribution in [3.63, 3.8) is 0 Å². The highest BCUT2D eigenvalue weighted by Gasteiger charge is 2.25. The molecule has 3 rings (SSSR count). The third kappa shape index (κ3) is 2.34. The number of fused-ring (bicyclic) bond motifs is 1. The molecule has 5 heteroatoms. The Labute approximate surface area is 110 Å². The fourth-order valence-electron chi connectivity index (χ4n) is 2.88. The smallest absolute Gasteiger partial charge is 0.161 e. The number of imidazole rings is 1. The van der Waals surface area contributed by atoms with Gasteiger partial charge in [0.25, 0.3) is 0 Å². The summed E-state index contributed by atoms with van der Waals surface area (Å²) in [5, 5.41) is 0. The molecule has 0 bridgehead atoms. The molecule has 3 N–H and O–H groups in total. The monoisotopic (exact) mass is 265 g/mol. The Morgan fingerprint density at radius 2 is 1.84 bits per heavy atom. The Balaban J connectivity index is 2.00. The summed E-state index contributed by atoms with van der Waals surface area (Å²) in [6, 6.07) is 2.36. The van der Waals surface area contributed by atoms with E-state index in [1.807, 2.05) is 0 Å². The minimum absolute atomic E-state index is 0.0674. The number of nitrogens with zero attached hydrogens (tertiary/aromatic N) is 1. The zero-order valence-corrected chi connectivity index (χ0v) is 10.6. The number of nitrogens with two attached hydrogens (primary N) is 1. The highest BCUT2D eigenvalue weighted by atomic mass is 19.2. The summed E-state index contributed by atoms with van der Waals surface area (Å²) in [5.41, 5.74) is 7.18. The van der Waals surface area contributed by atoms with Crippen molar-refractivity contribution in [1.82, 2.24) is 9.97 Å². The van der Waals surface area contributed by atoms with Gasteiger partial charge >= 0.3 is 0 Å². The lowest BCUT2D eigenvalue weighted by molar-refractivity contribution is 0.488. The van der Waals surface area contributed by atoms with Crippen LogP contribution in [0.1, 0.15) is 43.8 Å². The lowest BCUT2D eigenvalue weighted by Crippen LogP contribution is -2.27. The van der Waals surface area contributed by atoms with Crippen LogP contribution in [0.4, 0.5) is 8.78 Å². The van der Waals surface area contributed by atoms with E-state index in [2.05, 4.69) is 9.97 Å². The highest BCUT2D eigenvalue weighted by molar-refractivity contribution is 5.75. The maximum Gasteiger partial charge on any atom is 0.161 e. The third-order valence-electron chi connectivity index (χ3n) is 3.96. The molecule has 0 aliphatic heterocycles. The van der Waals surface area contributed by atoms with Crippen LogP contribution in [0.15, 0.2) is 12.1 Å². The summed E-state index contributed by atoms with van der Waals surface area (Å²) in [5.74, 6) is -0.806. The molecule has 1 aromatic heterocycles. The average Bonchev–Trinajstić information content (AvgIpc) is 2.63. The van der Waals surface area contributed by atoms with Crippen LogP contribution in [-0.4, -0.2) is 16.0 Å². The van der Waals surface area contributed by atoms with E-state index in [1.54, 1.807) is 0 Å². The molecular weight excluding hydrogens is 248 g/mol. The number of H-pyrrole nitrogens is 1. The summed E-state index contributed by atoms with van der Waals surface area (Å²) in [4.78, 5) is 7.48. The molecule has 1 saturated carbocycles. The Kier molecular flexibility index (Phi) is 3.22. The Morgan fingerprint density at radius 3 is 2.68 bits per heavy atom. The summed E-state index contributed by atoms with van der Waals surface area (Å²) >= 11 is 0. The van der Waals surface area contributed by atoms with Crippen LogP contribution in [0.3, 0.4) is 0 Å². The van der Waals surface area contributed by atoms with Crippen LogP contribution in [-0.2, 0) is 0 Å². The van der Waals surface area contributed by atoms with Gasteiger partial charge < -0.3 is 10.7 Å². The van der Waals surface area contributed by atoms with E-state index in [-0.39, 0.29) is 12.0 Å². The van der Waals surface area contributed by atoms with Crippen LogP contribution in [0, 0.1) is 11.6 Å². The topological polar surface area (TPSA) is 54.7 Å². The lowest BCUT2D eigenvalue weighted by Gasteiger charge is -2.18. The second-order valence-corrected chi connectivity index (χ2v) is 5.31. The number of benzene rings is 1. The second-order valence-electron chi connectivity index (χ2n) is 5.31.